The minimum absolute atomic E-state index is 0.182. The highest BCUT2D eigenvalue weighted by atomic mass is 19.1. The van der Waals surface area contributed by atoms with E-state index in [1.807, 2.05) is 12.1 Å². The first kappa shape index (κ1) is 14.6. The fourth-order valence-electron chi connectivity index (χ4n) is 3.83. The van der Waals surface area contributed by atoms with Crippen molar-refractivity contribution in [3.63, 3.8) is 0 Å². The van der Waals surface area contributed by atoms with Crippen LogP contribution in [-0.4, -0.2) is 52.3 Å². The zero-order chi connectivity index (χ0) is 15.6. The number of aromatic amines is 1. The Morgan fingerprint density at radius 1 is 1.09 bits per heavy atom. The maximum atomic E-state index is 14.5. The van der Waals surface area contributed by atoms with E-state index in [0.717, 1.165) is 31.5 Å². The van der Waals surface area contributed by atoms with Crippen LogP contribution in [0.25, 0.3) is 11.4 Å². The van der Waals surface area contributed by atoms with Crippen LogP contribution in [0.4, 0.5) is 10.1 Å². The van der Waals surface area contributed by atoms with Gasteiger partial charge in [0.25, 0.3) is 0 Å². The summed E-state index contributed by atoms with van der Waals surface area (Å²) in [7, 11) is 0. The van der Waals surface area contributed by atoms with Crippen molar-refractivity contribution < 1.29 is 4.39 Å². The van der Waals surface area contributed by atoms with Gasteiger partial charge >= 0.3 is 0 Å². The third-order valence-electron chi connectivity index (χ3n) is 5.10. The van der Waals surface area contributed by atoms with E-state index < -0.39 is 0 Å². The van der Waals surface area contributed by atoms with Crippen molar-refractivity contribution in [2.24, 2.45) is 0 Å². The van der Waals surface area contributed by atoms with E-state index in [1.165, 1.54) is 32.3 Å². The van der Waals surface area contributed by atoms with Gasteiger partial charge in [0.1, 0.15) is 12.1 Å². The monoisotopic (exact) mass is 315 g/mol. The zero-order valence-corrected chi connectivity index (χ0v) is 13.2. The summed E-state index contributed by atoms with van der Waals surface area (Å²) in [5.74, 6) is 0.418. The maximum absolute atomic E-state index is 14.5. The van der Waals surface area contributed by atoms with Crippen molar-refractivity contribution in [1.82, 2.24) is 20.1 Å². The summed E-state index contributed by atoms with van der Waals surface area (Å²) in [6.45, 7) is 4.34. The average Bonchev–Trinajstić information content (AvgIpc) is 3.29. The molecule has 2 aliphatic rings. The van der Waals surface area contributed by atoms with Crippen LogP contribution in [0.3, 0.4) is 0 Å². The van der Waals surface area contributed by atoms with Crippen LogP contribution in [0.2, 0.25) is 0 Å². The fraction of sp³-hybridized carbons (Fsp3) is 0.529. The lowest BCUT2D eigenvalue weighted by atomic mass is 10.0. The quantitative estimate of drug-likeness (QED) is 0.946. The highest BCUT2D eigenvalue weighted by Crippen LogP contribution is 2.28. The third kappa shape index (κ3) is 2.95. The number of rotatable bonds is 3. The molecule has 4 rings (SSSR count). The molecule has 0 radical (unpaired) electrons. The van der Waals surface area contributed by atoms with Crippen molar-refractivity contribution in [3.05, 3.63) is 30.3 Å². The van der Waals surface area contributed by atoms with E-state index in [0.29, 0.717) is 17.6 Å². The molecule has 2 saturated heterocycles. The first-order chi connectivity index (χ1) is 11.3. The molecule has 2 aliphatic heterocycles. The largest absolute Gasteiger partial charge is 0.369 e. The molecule has 122 valence electrons. The Kier molecular flexibility index (Phi) is 3.99. The fourth-order valence-corrected chi connectivity index (χ4v) is 3.83. The molecule has 0 aliphatic carbocycles. The highest BCUT2D eigenvalue weighted by molar-refractivity contribution is 5.61. The van der Waals surface area contributed by atoms with Crippen molar-refractivity contribution >= 4 is 5.69 Å². The Balaban J connectivity index is 1.44. The van der Waals surface area contributed by atoms with Crippen LogP contribution in [0.1, 0.15) is 25.7 Å². The van der Waals surface area contributed by atoms with Crippen LogP contribution in [0.15, 0.2) is 24.5 Å². The van der Waals surface area contributed by atoms with Crippen LogP contribution in [0, 0.1) is 5.82 Å². The lowest BCUT2D eigenvalue weighted by molar-refractivity contribution is 0.207. The predicted molar refractivity (Wildman–Crippen MR) is 87.8 cm³/mol. The second-order valence-corrected chi connectivity index (χ2v) is 6.46. The number of nitrogens with zero attached hydrogens (tertiary/aromatic N) is 4. The molecule has 0 spiro atoms. The number of halogens is 1. The molecule has 1 aromatic heterocycles. The van der Waals surface area contributed by atoms with Crippen molar-refractivity contribution in [2.75, 3.05) is 31.1 Å². The van der Waals surface area contributed by atoms with E-state index in [1.54, 1.807) is 6.07 Å². The van der Waals surface area contributed by atoms with Gasteiger partial charge in [0, 0.05) is 24.7 Å². The SMILES string of the molecule is Fc1cc(-c2ncn[nH]2)ccc1N1CCC(N2CCCC2)CC1. The lowest BCUT2D eigenvalue weighted by Gasteiger charge is -2.37. The number of H-pyrrole nitrogens is 1. The Labute approximate surface area is 135 Å². The van der Waals surface area contributed by atoms with E-state index in [4.69, 9.17) is 0 Å². The Morgan fingerprint density at radius 2 is 1.87 bits per heavy atom. The molecule has 5 nitrogen and oxygen atoms in total. The van der Waals surface area contributed by atoms with E-state index in [-0.39, 0.29) is 5.82 Å². The Hall–Kier alpha value is -1.95. The number of hydrogen-bond donors (Lipinski definition) is 1. The van der Waals surface area contributed by atoms with Crippen LogP contribution < -0.4 is 4.90 Å². The summed E-state index contributed by atoms with van der Waals surface area (Å²) >= 11 is 0. The summed E-state index contributed by atoms with van der Waals surface area (Å²) in [6, 6.07) is 6.00. The zero-order valence-electron chi connectivity index (χ0n) is 13.2. The highest BCUT2D eigenvalue weighted by Gasteiger charge is 2.27. The minimum Gasteiger partial charge on any atom is -0.369 e. The van der Waals surface area contributed by atoms with Gasteiger partial charge in [-0.1, -0.05) is 0 Å². The van der Waals surface area contributed by atoms with Crippen LogP contribution >= 0.6 is 0 Å². The van der Waals surface area contributed by atoms with Crippen molar-refractivity contribution in [3.8, 4) is 11.4 Å². The van der Waals surface area contributed by atoms with Gasteiger partial charge in [-0.25, -0.2) is 9.37 Å². The van der Waals surface area contributed by atoms with Gasteiger partial charge in [-0.3, -0.25) is 5.10 Å². The van der Waals surface area contributed by atoms with E-state index >= 15 is 0 Å². The number of aromatic nitrogens is 3. The van der Waals surface area contributed by atoms with E-state index in [2.05, 4.69) is 25.0 Å². The van der Waals surface area contributed by atoms with Crippen LogP contribution in [0.5, 0.6) is 0 Å². The Bertz CT molecular complexity index is 643. The first-order valence-electron chi connectivity index (χ1n) is 8.45. The first-order valence-corrected chi connectivity index (χ1v) is 8.45. The number of hydrogen-bond acceptors (Lipinski definition) is 4. The number of nitrogens with one attached hydrogen (secondary N) is 1. The second-order valence-electron chi connectivity index (χ2n) is 6.46. The summed E-state index contributed by atoms with van der Waals surface area (Å²) in [5.41, 5.74) is 1.43. The predicted octanol–water partition coefficient (Wildman–Crippen LogP) is 2.68. The molecule has 2 fully saturated rings. The topological polar surface area (TPSA) is 48.1 Å². The smallest absolute Gasteiger partial charge is 0.155 e. The molecular weight excluding hydrogens is 293 g/mol. The minimum atomic E-state index is -0.182. The van der Waals surface area contributed by atoms with Gasteiger partial charge < -0.3 is 9.80 Å². The molecular formula is C17H22FN5. The normalized spacial score (nSPS) is 20.3. The number of benzene rings is 1. The molecule has 0 amide bonds. The average molecular weight is 315 g/mol. The number of piperidine rings is 1. The molecule has 0 bridgehead atoms. The summed E-state index contributed by atoms with van der Waals surface area (Å²) in [5, 5.41) is 6.58. The van der Waals surface area contributed by atoms with Gasteiger partial charge in [-0.15, -0.1) is 0 Å². The molecule has 2 aromatic rings. The molecule has 0 saturated carbocycles. The van der Waals surface area contributed by atoms with Crippen molar-refractivity contribution in [1.29, 1.82) is 0 Å². The standard InChI is InChI=1S/C17H22FN5/c18-15-11-13(17-19-12-20-21-17)3-4-16(15)23-9-5-14(6-10-23)22-7-1-2-8-22/h3-4,11-12,14H,1-2,5-10H2,(H,19,20,21). The molecule has 3 heterocycles. The molecule has 6 heteroatoms. The van der Waals surface area contributed by atoms with Crippen LogP contribution in [-0.2, 0) is 0 Å². The molecule has 23 heavy (non-hydrogen) atoms. The van der Waals surface area contributed by atoms with Gasteiger partial charge in [-0.2, -0.15) is 5.10 Å². The summed E-state index contributed by atoms with van der Waals surface area (Å²) < 4.78 is 14.5. The Morgan fingerprint density at radius 3 is 2.52 bits per heavy atom. The molecule has 1 N–H and O–H groups in total. The molecule has 1 aromatic carbocycles. The number of anilines is 1. The van der Waals surface area contributed by atoms with Crippen molar-refractivity contribution in [2.45, 2.75) is 31.7 Å². The summed E-state index contributed by atoms with van der Waals surface area (Å²) in [6.07, 6.45) is 6.35. The van der Waals surface area contributed by atoms with Gasteiger partial charge in [0.15, 0.2) is 5.82 Å². The molecule has 0 unspecified atom stereocenters. The summed E-state index contributed by atoms with van der Waals surface area (Å²) in [4.78, 5) is 8.86. The number of likely N-dealkylation sites (tertiary alicyclic amines) is 1. The molecule has 0 atom stereocenters. The van der Waals surface area contributed by atoms with Gasteiger partial charge in [0.2, 0.25) is 0 Å². The van der Waals surface area contributed by atoms with E-state index in [9.17, 15) is 4.39 Å². The van der Waals surface area contributed by atoms with Gasteiger partial charge in [-0.05, 0) is 57.0 Å². The third-order valence-corrected chi connectivity index (χ3v) is 5.10. The lowest BCUT2D eigenvalue weighted by Crippen LogP contribution is -2.44. The van der Waals surface area contributed by atoms with Gasteiger partial charge in [0.05, 0.1) is 5.69 Å². The maximum Gasteiger partial charge on any atom is 0.155 e. The second kappa shape index (κ2) is 6.28.